The number of thiazole rings is 1. The van der Waals surface area contributed by atoms with Crippen molar-refractivity contribution in [3.8, 4) is 0 Å². The minimum atomic E-state index is -0.482. The topological polar surface area (TPSA) is 51.7 Å². The smallest absolute Gasteiger partial charge is 0.311 e. The fraction of sp³-hybridized carbons (Fsp3) is 0.600. The summed E-state index contributed by atoms with van der Waals surface area (Å²) in [5.41, 5.74) is 4.92. The molecule has 4 heterocycles. The third-order valence-electron chi connectivity index (χ3n) is 7.02. The van der Waals surface area contributed by atoms with Crippen LogP contribution in [0.3, 0.4) is 0 Å². The molecule has 3 unspecified atom stereocenters. The molecule has 5 rings (SSSR count). The minimum absolute atomic E-state index is 0.109. The van der Waals surface area contributed by atoms with E-state index in [4.69, 9.17) is 9.47 Å². The van der Waals surface area contributed by atoms with Crippen molar-refractivity contribution in [2.24, 2.45) is 5.92 Å². The predicted molar refractivity (Wildman–Crippen MR) is 121 cm³/mol. The van der Waals surface area contributed by atoms with E-state index in [0.717, 1.165) is 31.7 Å². The Kier molecular flexibility index (Phi) is 5.43. The number of nitrogens with zero attached hydrogens (tertiary/aromatic N) is 2. The zero-order valence-electron chi connectivity index (χ0n) is 18.7. The number of fused-ring (bicyclic) bond motifs is 4. The highest BCUT2D eigenvalue weighted by Crippen LogP contribution is 2.52. The van der Waals surface area contributed by atoms with Gasteiger partial charge in [0.1, 0.15) is 5.60 Å². The zero-order chi connectivity index (χ0) is 21.6. The molecular formula is C25H32N2O3S. The molecule has 2 bridgehead atoms. The Morgan fingerprint density at radius 1 is 1.29 bits per heavy atom. The molecule has 0 amide bonds. The van der Waals surface area contributed by atoms with Crippen LogP contribution >= 0.6 is 11.3 Å². The lowest BCUT2D eigenvalue weighted by atomic mass is 9.79. The van der Waals surface area contributed by atoms with Gasteiger partial charge >= 0.3 is 5.97 Å². The Balaban J connectivity index is 1.34. The van der Waals surface area contributed by atoms with Gasteiger partial charge in [0.25, 0.3) is 0 Å². The number of esters is 1. The summed E-state index contributed by atoms with van der Waals surface area (Å²) in [6.07, 6.45) is 5.01. The molecule has 0 radical (unpaired) electrons. The summed E-state index contributed by atoms with van der Waals surface area (Å²) in [4.78, 5) is 20.1. The molecule has 3 aliphatic rings. The molecular weight excluding hydrogens is 408 g/mol. The number of piperidine rings is 1. The maximum absolute atomic E-state index is 13.1. The average molecular weight is 441 g/mol. The summed E-state index contributed by atoms with van der Waals surface area (Å²) in [5, 5.41) is 2.04. The van der Waals surface area contributed by atoms with E-state index in [1.807, 2.05) is 31.7 Å². The number of aromatic nitrogens is 1. The van der Waals surface area contributed by atoms with Gasteiger partial charge in [-0.25, -0.2) is 4.98 Å². The molecule has 3 atom stereocenters. The third-order valence-corrected chi connectivity index (χ3v) is 7.66. The van der Waals surface area contributed by atoms with E-state index in [1.165, 1.54) is 24.0 Å². The lowest BCUT2D eigenvalue weighted by Gasteiger charge is -2.45. The SMILES string of the molecule is CC(C)(C)OC(=O)C(Cc1cscn1)CN1C2CCC1CC1(C2)OCc2ccccc21. The fourth-order valence-corrected chi connectivity index (χ4v) is 6.34. The van der Waals surface area contributed by atoms with Gasteiger partial charge in [-0.2, -0.15) is 0 Å². The normalized spacial score (nSPS) is 28.6. The van der Waals surface area contributed by atoms with Crippen molar-refractivity contribution in [1.82, 2.24) is 9.88 Å². The van der Waals surface area contributed by atoms with E-state index in [0.29, 0.717) is 18.5 Å². The van der Waals surface area contributed by atoms with Crippen molar-refractivity contribution in [2.75, 3.05) is 6.54 Å². The fourth-order valence-electron chi connectivity index (χ4n) is 5.77. The molecule has 0 aliphatic carbocycles. The van der Waals surface area contributed by atoms with Crippen LogP contribution in [0.2, 0.25) is 0 Å². The van der Waals surface area contributed by atoms with Crippen LogP contribution in [-0.4, -0.2) is 40.1 Å². The molecule has 0 saturated carbocycles. The summed E-state index contributed by atoms with van der Waals surface area (Å²) in [6, 6.07) is 9.59. The van der Waals surface area contributed by atoms with Crippen molar-refractivity contribution >= 4 is 17.3 Å². The molecule has 3 aliphatic heterocycles. The average Bonchev–Trinajstić information content (AvgIpc) is 3.40. The van der Waals surface area contributed by atoms with Gasteiger partial charge < -0.3 is 9.47 Å². The molecule has 0 N–H and O–H groups in total. The van der Waals surface area contributed by atoms with Crippen molar-refractivity contribution in [2.45, 2.75) is 82.8 Å². The molecule has 2 saturated heterocycles. The lowest BCUT2D eigenvalue weighted by Crippen LogP contribution is -2.52. The Morgan fingerprint density at radius 2 is 2.03 bits per heavy atom. The summed E-state index contributed by atoms with van der Waals surface area (Å²) < 4.78 is 12.3. The van der Waals surface area contributed by atoms with Crippen LogP contribution in [0.4, 0.5) is 0 Å². The van der Waals surface area contributed by atoms with Crippen LogP contribution in [0.5, 0.6) is 0 Å². The predicted octanol–water partition coefficient (Wildman–Crippen LogP) is 4.70. The summed E-state index contributed by atoms with van der Waals surface area (Å²) >= 11 is 1.58. The maximum atomic E-state index is 13.1. The third kappa shape index (κ3) is 4.18. The number of carbonyl (C=O) groups is 1. The molecule has 31 heavy (non-hydrogen) atoms. The van der Waals surface area contributed by atoms with E-state index in [2.05, 4.69) is 34.1 Å². The Morgan fingerprint density at radius 3 is 2.71 bits per heavy atom. The van der Waals surface area contributed by atoms with E-state index in [-0.39, 0.29) is 17.5 Å². The minimum Gasteiger partial charge on any atom is -0.460 e. The van der Waals surface area contributed by atoms with Gasteiger partial charge in [0, 0.05) is 30.4 Å². The number of carbonyl (C=O) groups excluding carboxylic acids is 1. The summed E-state index contributed by atoms with van der Waals surface area (Å²) in [6.45, 7) is 7.27. The van der Waals surface area contributed by atoms with Gasteiger partial charge in [0.05, 0.1) is 29.3 Å². The van der Waals surface area contributed by atoms with Crippen LogP contribution in [0.15, 0.2) is 35.2 Å². The van der Waals surface area contributed by atoms with Gasteiger partial charge in [0.15, 0.2) is 0 Å². The van der Waals surface area contributed by atoms with Crippen LogP contribution in [-0.2, 0) is 32.9 Å². The molecule has 1 aromatic carbocycles. The van der Waals surface area contributed by atoms with E-state index >= 15 is 0 Å². The highest BCUT2D eigenvalue weighted by Gasteiger charge is 2.53. The zero-order valence-corrected chi connectivity index (χ0v) is 19.5. The monoisotopic (exact) mass is 440 g/mol. The Bertz CT molecular complexity index is 922. The highest BCUT2D eigenvalue weighted by molar-refractivity contribution is 7.07. The Hall–Kier alpha value is -1.76. The number of hydrogen-bond donors (Lipinski definition) is 0. The first-order valence-electron chi connectivity index (χ1n) is 11.4. The first-order chi connectivity index (χ1) is 14.8. The molecule has 6 heteroatoms. The summed E-state index contributed by atoms with van der Waals surface area (Å²) in [5.74, 6) is -0.307. The van der Waals surface area contributed by atoms with Gasteiger partial charge in [-0.3, -0.25) is 9.69 Å². The molecule has 5 nitrogen and oxygen atoms in total. The van der Waals surface area contributed by atoms with Crippen molar-refractivity contribution in [1.29, 1.82) is 0 Å². The van der Waals surface area contributed by atoms with E-state index in [9.17, 15) is 4.79 Å². The first kappa shape index (κ1) is 21.1. The van der Waals surface area contributed by atoms with Crippen LogP contribution in [0, 0.1) is 5.92 Å². The second-order valence-corrected chi connectivity index (χ2v) is 11.1. The van der Waals surface area contributed by atoms with Gasteiger partial charge in [-0.05, 0) is 57.6 Å². The first-order valence-corrected chi connectivity index (χ1v) is 12.4. The van der Waals surface area contributed by atoms with Crippen LogP contribution in [0.1, 0.15) is 63.3 Å². The Labute approximate surface area is 188 Å². The van der Waals surface area contributed by atoms with Crippen LogP contribution < -0.4 is 0 Å². The van der Waals surface area contributed by atoms with Crippen molar-refractivity contribution in [3.63, 3.8) is 0 Å². The largest absolute Gasteiger partial charge is 0.460 e. The van der Waals surface area contributed by atoms with Crippen molar-refractivity contribution < 1.29 is 14.3 Å². The molecule has 1 aromatic heterocycles. The number of rotatable bonds is 5. The van der Waals surface area contributed by atoms with Crippen molar-refractivity contribution in [3.05, 3.63) is 52.0 Å². The number of benzene rings is 1. The summed E-state index contributed by atoms with van der Waals surface area (Å²) in [7, 11) is 0. The van der Waals surface area contributed by atoms with E-state index in [1.54, 1.807) is 11.3 Å². The van der Waals surface area contributed by atoms with Gasteiger partial charge in [0.2, 0.25) is 0 Å². The molecule has 1 spiro atoms. The quantitative estimate of drug-likeness (QED) is 0.631. The maximum Gasteiger partial charge on any atom is 0.311 e. The molecule has 2 fully saturated rings. The highest BCUT2D eigenvalue weighted by atomic mass is 32.1. The van der Waals surface area contributed by atoms with E-state index < -0.39 is 5.60 Å². The standard InChI is InChI=1S/C25H32N2O3S/c1-24(2,3)30-23(28)18(10-19-15-31-16-26-19)13-27-20-8-9-21(27)12-25(11-20)22-7-5-4-6-17(22)14-29-25/h4-7,15-16,18,20-21H,8-14H2,1-3H3. The van der Waals surface area contributed by atoms with Gasteiger partial charge in [-0.1, -0.05) is 24.3 Å². The number of hydrogen-bond acceptors (Lipinski definition) is 6. The second-order valence-electron chi connectivity index (χ2n) is 10.3. The lowest BCUT2D eigenvalue weighted by molar-refractivity contribution is -0.162. The van der Waals surface area contributed by atoms with Crippen LogP contribution in [0.25, 0.3) is 0 Å². The second kappa shape index (κ2) is 7.98. The molecule has 166 valence electrons. The molecule has 2 aromatic rings. The van der Waals surface area contributed by atoms with Gasteiger partial charge in [-0.15, -0.1) is 11.3 Å². The number of ether oxygens (including phenoxy) is 2.